The molecule has 0 radical (unpaired) electrons. The number of esters is 1. The Kier molecular flexibility index (Phi) is 3.62. The van der Waals surface area contributed by atoms with E-state index < -0.39 is 17.7 Å². The van der Waals surface area contributed by atoms with Gasteiger partial charge in [-0.25, -0.2) is 14.2 Å². The minimum Gasteiger partial charge on any atom is -0.457 e. The van der Waals surface area contributed by atoms with Crippen molar-refractivity contribution in [1.82, 2.24) is 4.98 Å². The molecule has 0 fully saturated rings. The van der Waals surface area contributed by atoms with Crippen LogP contribution in [0.25, 0.3) is 0 Å². The van der Waals surface area contributed by atoms with Gasteiger partial charge in [0, 0.05) is 11.8 Å². The van der Waals surface area contributed by atoms with Gasteiger partial charge in [0.2, 0.25) is 5.95 Å². The Morgan fingerprint density at radius 1 is 1.17 bits per heavy atom. The third-order valence-corrected chi connectivity index (χ3v) is 2.28. The summed E-state index contributed by atoms with van der Waals surface area (Å²) in [4.78, 5) is 14.9. The average Bonchev–Trinajstić information content (AvgIpc) is 2.38. The molecule has 0 spiro atoms. The van der Waals surface area contributed by atoms with Crippen LogP contribution in [-0.2, 0) is 11.3 Å². The third-order valence-electron chi connectivity index (χ3n) is 2.28. The molecule has 0 N–H and O–H groups in total. The lowest BCUT2D eigenvalue weighted by Crippen LogP contribution is -2.06. The zero-order valence-corrected chi connectivity index (χ0v) is 9.27. The minimum atomic E-state index is -0.680. The van der Waals surface area contributed by atoms with Crippen molar-refractivity contribution in [1.29, 1.82) is 0 Å². The fraction of sp³-hybridized carbons (Fsp3) is 0.0769. The number of halogens is 2. The Hall–Kier alpha value is -2.30. The van der Waals surface area contributed by atoms with E-state index in [0.717, 1.165) is 12.3 Å². The number of rotatable bonds is 3. The topological polar surface area (TPSA) is 39.2 Å². The SMILES string of the molecule is O=C(OCc1ccccc1F)c1ccc(F)nc1. The molecule has 1 aromatic heterocycles. The van der Waals surface area contributed by atoms with Gasteiger partial charge in [-0.1, -0.05) is 18.2 Å². The normalized spacial score (nSPS) is 10.1. The second kappa shape index (κ2) is 5.35. The van der Waals surface area contributed by atoms with Crippen molar-refractivity contribution in [3.05, 3.63) is 65.5 Å². The summed E-state index contributed by atoms with van der Waals surface area (Å²) in [5.74, 6) is -1.80. The zero-order chi connectivity index (χ0) is 13.0. The Bertz CT molecular complexity index is 555. The highest BCUT2D eigenvalue weighted by Crippen LogP contribution is 2.09. The quantitative estimate of drug-likeness (QED) is 0.620. The maximum Gasteiger partial charge on any atom is 0.340 e. The number of ether oxygens (including phenoxy) is 1. The van der Waals surface area contributed by atoms with Gasteiger partial charge in [0.1, 0.15) is 12.4 Å². The number of carbonyl (C=O) groups is 1. The summed E-state index contributed by atoms with van der Waals surface area (Å²) in [7, 11) is 0. The van der Waals surface area contributed by atoms with Gasteiger partial charge in [0.15, 0.2) is 0 Å². The number of carbonyl (C=O) groups excluding carboxylic acids is 1. The molecule has 3 nitrogen and oxygen atoms in total. The molecule has 0 saturated heterocycles. The van der Waals surface area contributed by atoms with Crippen molar-refractivity contribution >= 4 is 5.97 Å². The second-order valence-corrected chi connectivity index (χ2v) is 3.54. The highest BCUT2D eigenvalue weighted by Gasteiger charge is 2.09. The predicted molar refractivity (Wildman–Crippen MR) is 59.7 cm³/mol. The number of nitrogens with zero attached hydrogens (tertiary/aromatic N) is 1. The molecule has 0 aliphatic carbocycles. The monoisotopic (exact) mass is 249 g/mol. The summed E-state index contributed by atoms with van der Waals surface area (Å²) in [6, 6.07) is 8.30. The van der Waals surface area contributed by atoms with E-state index in [0.29, 0.717) is 0 Å². The van der Waals surface area contributed by atoms with Gasteiger partial charge in [-0.2, -0.15) is 4.39 Å². The largest absolute Gasteiger partial charge is 0.457 e. The standard InChI is InChI=1S/C13H9F2NO2/c14-11-4-2-1-3-10(11)8-18-13(17)9-5-6-12(15)16-7-9/h1-7H,8H2. The van der Waals surface area contributed by atoms with Crippen molar-refractivity contribution in [2.75, 3.05) is 0 Å². The van der Waals surface area contributed by atoms with Crippen LogP contribution in [0.1, 0.15) is 15.9 Å². The lowest BCUT2D eigenvalue weighted by molar-refractivity contribution is 0.0468. The Morgan fingerprint density at radius 2 is 1.94 bits per heavy atom. The minimum absolute atomic E-state index is 0.118. The van der Waals surface area contributed by atoms with Crippen LogP contribution in [0.3, 0.4) is 0 Å². The fourth-order valence-corrected chi connectivity index (χ4v) is 1.34. The molecule has 0 saturated carbocycles. The number of pyridine rings is 1. The van der Waals surface area contributed by atoms with Crippen LogP contribution in [0.5, 0.6) is 0 Å². The maximum absolute atomic E-state index is 13.2. The van der Waals surface area contributed by atoms with Crippen molar-refractivity contribution in [2.24, 2.45) is 0 Å². The van der Waals surface area contributed by atoms with Crippen LogP contribution in [0.2, 0.25) is 0 Å². The molecule has 2 rings (SSSR count). The first-order chi connectivity index (χ1) is 8.66. The van der Waals surface area contributed by atoms with Gasteiger partial charge in [-0.05, 0) is 18.2 Å². The highest BCUT2D eigenvalue weighted by molar-refractivity contribution is 5.88. The van der Waals surface area contributed by atoms with Gasteiger partial charge in [0.25, 0.3) is 0 Å². The van der Waals surface area contributed by atoms with E-state index in [4.69, 9.17) is 4.74 Å². The number of aromatic nitrogens is 1. The summed E-state index contributed by atoms with van der Waals surface area (Å²) in [5, 5.41) is 0. The van der Waals surface area contributed by atoms with Crippen LogP contribution >= 0.6 is 0 Å². The van der Waals surface area contributed by atoms with Gasteiger partial charge in [-0.3, -0.25) is 0 Å². The van der Waals surface area contributed by atoms with Gasteiger partial charge in [0.05, 0.1) is 5.56 Å². The van der Waals surface area contributed by atoms with Crippen LogP contribution in [0.15, 0.2) is 42.6 Å². The molecular formula is C13H9F2NO2. The summed E-state index contributed by atoms with van der Waals surface area (Å²) >= 11 is 0. The summed E-state index contributed by atoms with van der Waals surface area (Å²) < 4.78 is 30.7. The molecule has 1 heterocycles. The number of hydrogen-bond donors (Lipinski definition) is 0. The fourth-order valence-electron chi connectivity index (χ4n) is 1.34. The summed E-state index contributed by atoms with van der Waals surface area (Å²) in [6.07, 6.45) is 1.07. The first kappa shape index (κ1) is 12.2. The van der Waals surface area contributed by atoms with Crippen molar-refractivity contribution in [3.63, 3.8) is 0 Å². The lowest BCUT2D eigenvalue weighted by Gasteiger charge is -2.05. The van der Waals surface area contributed by atoms with Gasteiger partial charge < -0.3 is 4.74 Å². The van der Waals surface area contributed by atoms with Crippen LogP contribution in [0.4, 0.5) is 8.78 Å². The average molecular weight is 249 g/mol. The molecule has 0 aliphatic rings. The van der Waals surface area contributed by atoms with Crippen molar-refractivity contribution < 1.29 is 18.3 Å². The van der Waals surface area contributed by atoms with Gasteiger partial charge >= 0.3 is 5.97 Å². The van der Waals surface area contributed by atoms with E-state index in [2.05, 4.69) is 4.98 Å². The first-order valence-corrected chi connectivity index (χ1v) is 5.19. The van der Waals surface area contributed by atoms with Crippen molar-refractivity contribution in [3.8, 4) is 0 Å². The van der Waals surface area contributed by atoms with Gasteiger partial charge in [-0.15, -0.1) is 0 Å². The molecular weight excluding hydrogens is 240 g/mol. The predicted octanol–water partition coefficient (Wildman–Crippen LogP) is 2.72. The molecule has 0 unspecified atom stereocenters. The zero-order valence-electron chi connectivity index (χ0n) is 9.27. The highest BCUT2D eigenvalue weighted by atomic mass is 19.1. The van der Waals surface area contributed by atoms with E-state index in [9.17, 15) is 13.6 Å². The summed E-state index contributed by atoms with van der Waals surface area (Å²) in [5.41, 5.74) is 0.397. The number of hydrogen-bond acceptors (Lipinski definition) is 3. The second-order valence-electron chi connectivity index (χ2n) is 3.54. The van der Waals surface area contributed by atoms with E-state index in [1.165, 1.54) is 18.2 Å². The maximum atomic E-state index is 13.2. The molecule has 0 aliphatic heterocycles. The molecule has 2 aromatic rings. The Morgan fingerprint density at radius 3 is 2.61 bits per heavy atom. The molecule has 0 atom stereocenters. The molecule has 0 bridgehead atoms. The molecule has 92 valence electrons. The van der Waals surface area contributed by atoms with E-state index in [1.54, 1.807) is 12.1 Å². The molecule has 1 aromatic carbocycles. The van der Waals surface area contributed by atoms with Crippen molar-refractivity contribution in [2.45, 2.75) is 6.61 Å². The van der Waals surface area contributed by atoms with E-state index >= 15 is 0 Å². The summed E-state index contributed by atoms with van der Waals surface area (Å²) in [6.45, 7) is -0.178. The Balaban J connectivity index is 2.01. The Labute approximate surface area is 102 Å². The van der Waals surface area contributed by atoms with E-state index in [-0.39, 0.29) is 17.7 Å². The molecule has 0 amide bonds. The first-order valence-electron chi connectivity index (χ1n) is 5.19. The van der Waals surface area contributed by atoms with Crippen LogP contribution in [-0.4, -0.2) is 11.0 Å². The third kappa shape index (κ3) is 2.88. The van der Waals surface area contributed by atoms with Crippen LogP contribution < -0.4 is 0 Å². The molecule has 5 heteroatoms. The molecule has 18 heavy (non-hydrogen) atoms. The lowest BCUT2D eigenvalue weighted by atomic mass is 10.2. The number of benzene rings is 1. The van der Waals surface area contributed by atoms with E-state index in [1.807, 2.05) is 0 Å². The van der Waals surface area contributed by atoms with Crippen LogP contribution in [0, 0.1) is 11.8 Å². The smallest absolute Gasteiger partial charge is 0.340 e.